The number of hydrogen-bond acceptors (Lipinski definition) is 4. The average molecular weight is 377 g/mol. The molecule has 108 valence electrons. The van der Waals surface area contributed by atoms with E-state index in [1.807, 2.05) is 20.8 Å². The third kappa shape index (κ3) is 4.02. The number of halogens is 1. The van der Waals surface area contributed by atoms with Crippen LogP contribution in [0.1, 0.15) is 59.0 Å². The molecule has 0 amide bonds. The molecule has 0 bridgehead atoms. The molecule has 0 saturated heterocycles. The second-order valence-corrected chi connectivity index (χ2v) is 6.30. The molecule has 0 saturated carbocycles. The molecule has 4 nitrogen and oxygen atoms in total. The van der Waals surface area contributed by atoms with Crippen molar-refractivity contribution in [2.45, 2.75) is 53.1 Å². The van der Waals surface area contributed by atoms with E-state index in [-0.39, 0.29) is 0 Å². The molecule has 1 N–H and O–H groups in total. The van der Waals surface area contributed by atoms with Gasteiger partial charge in [-0.15, -0.1) is 0 Å². The smallest absolute Gasteiger partial charge is 0.162 e. The van der Waals surface area contributed by atoms with E-state index >= 15 is 0 Å². The lowest BCUT2D eigenvalue weighted by molar-refractivity contribution is -0.0209. The van der Waals surface area contributed by atoms with E-state index in [2.05, 4.69) is 53.7 Å². The third-order valence-corrected chi connectivity index (χ3v) is 3.88. The number of nitrogens with zero attached hydrogens (tertiary/aromatic N) is 2. The summed E-state index contributed by atoms with van der Waals surface area (Å²) >= 11 is 2.32. The van der Waals surface area contributed by atoms with Crippen LogP contribution in [0.25, 0.3) is 0 Å². The number of nitrogens with one attached hydrogen (secondary N) is 1. The van der Waals surface area contributed by atoms with Gasteiger partial charge in [0.2, 0.25) is 0 Å². The zero-order valence-electron chi connectivity index (χ0n) is 12.7. The van der Waals surface area contributed by atoms with Crippen molar-refractivity contribution in [1.82, 2.24) is 9.97 Å². The van der Waals surface area contributed by atoms with Crippen LogP contribution in [0.5, 0.6) is 0 Å². The van der Waals surface area contributed by atoms with E-state index in [0.717, 1.165) is 27.5 Å². The van der Waals surface area contributed by atoms with Crippen molar-refractivity contribution in [1.29, 1.82) is 0 Å². The summed E-state index contributed by atoms with van der Waals surface area (Å²) in [5.74, 6) is 2.02. The molecule has 0 fully saturated rings. The van der Waals surface area contributed by atoms with E-state index in [1.54, 1.807) is 0 Å². The first-order chi connectivity index (χ1) is 8.83. The quantitative estimate of drug-likeness (QED) is 0.764. The molecule has 1 rings (SSSR count). The Bertz CT molecular complexity index is 433. The predicted molar refractivity (Wildman–Crippen MR) is 87.7 cm³/mol. The summed E-state index contributed by atoms with van der Waals surface area (Å²) in [4.78, 5) is 9.36. The van der Waals surface area contributed by atoms with Crippen molar-refractivity contribution in [3.63, 3.8) is 0 Å². The fraction of sp³-hybridized carbons (Fsp3) is 0.714. The van der Waals surface area contributed by atoms with Gasteiger partial charge in [-0.25, -0.2) is 9.97 Å². The fourth-order valence-corrected chi connectivity index (χ4v) is 2.88. The zero-order valence-corrected chi connectivity index (χ0v) is 14.8. The van der Waals surface area contributed by atoms with E-state index < -0.39 is 5.60 Å². The molecule has 0 unspecified atom stereocenters. The second kappa shape index (κ2) is 6.83. The van der Waals surface area contributed by atoms with Gasteiger partial charge in [0, 0.05) is 13.2 Å². The Morgan fingerprint density at radius 2 is 1.89 bits per heavy atom. The van der Waals surface area contributed by atoms with E-state index in [1.165, 1.54) is 0 Å². The molecule has 5 heteroatoms. The summed E-state index contributed by atoms with van der Waals surface area (Å²) in [6, 6.07) is 0. The maximum atomic E-state index is 5.77. The molecule has 0 aromatic carbocycles. The van der Waals surface area contributed by atoms with Crippen molar-refractivity contribution in [2.24, 2.45) is 0 Å². The van der Waals surface area contributed by atoms with Crippen LogP contribution < -0.4 is 5.32 Å². The van der Waals surface area contributed by atoms with Gasteiger partial charge < -0.3 is 10.1 Å². The molecule has 19 heavy (non-hydrogen) atoms. The zero-order chi connectivity index (χ0) is 14.6. The molecule has 0 spiro atoms. The number of ether oxygens (including phenoxy) is 1. The van der Waals surface area contributed by atoms with Crippen LogP contribution in [0.2, 0.25) is 0 Å². The van der Waals surface area contributed by atoms with Gasteiger partial charge in [0.1, 0.15) is 11.4 Å². The minimum atomic E-state index is -0.465. The average Bonchev–Trinajstić information content (AvgIpc) is 2.31. The van der Waals surface area contributed by atoms with Crippen LogP contribution in [0.3, 0.4) is 0 Å². The fourth-order valence-electron chi connectivity index (χ4n) is 1.83. The van der Waals surface area contributed by atoms with E-state index in [9.17, 15) is 0 Å². The standard InChI is InChI=1S/C14H24IN3O/c1-7-16-12-10(15)11(9(3)4)17-13(18-12)14(5,6)19-8-2/h9H,7-8H2,1-6H3,(H,16,17,18). The largest absolute Gasteiger partial charge is 0.369 e. The Labute approximate surface area is 129 Å². The highest BCUT2D eigenvalue weighted by Crippen LogP contribution is 2.29. The topological polar surface area (TPSA) is 47.0 Å². The van der Waals surface area contributed by atoms with Crippen molar-refractivity contribution >= 4 is 28.4 Å². The van der Waals surface area contributed by atoms with Crippen LogP contribution in [0.4, 0.5) is 5.82 Å². The number of hydrogen-bond donors (Lipinski definition) is 1. The normalized spacial score (nSPS) is 12.0. The third-order valence-electron chi connectivity index (χ3n) is 2.81. The van der Waals surface area contributed by atoms with Gasteiger partial charge in [-0.05, 0) is 56.2 Å². The maximum absolute atomic E-state index is 5.77. The molecule has 1 heterocycles. The lowest BCUT2D eigenvalue weighted by atomic mass is 10.1. The summed E-state index contributed by atoms with van der Waals surface area (Å²) < 4.78 is 6.87. The van der Waals surface area contributed by atoms with Crippen molar-refractivity contribution in [3.05, 3.63) is 15.1 Å². The minimum absolute atomic E-state index is 0.364. The highest BCUT2D eigenvalue weighted by atomic mass is 127. The summed E-state index contributed by atoms with van der Waals surface area (Å²) in [5, 5.41) is 3.31. The Morgan fingerprint density at radius 1 is 1.26 bits per heavy atom. The Balaban J connectivity index is 3.33. The molecule has 0 aliphatic heterocycles. The minimum Gasteiger partial charge on any atom is -0.369 e. The molecular formula is C14H24IN3O. The van der Waals surface area contributed by atoms with Gasteiger partial charge in [-0.2, -0.15) is 0 Å². The molecule has 0 aliphatic rings. The van der Waals surface area contributed by atoms with Crippen LogP contribution >= 0.6 is 22.6 Å². The highest BCUT2D eigenvalue weighted by molar-refractivity contribution is 14.1. The van der Waals surface area contributed by atoms with E-state index in [4.69, 9.17) is 9.72 Å². The SMILES string of the molecule is CCNc1nc(C(C)(C)OCC)nc(C(C)C)c1I. The van der Waals surface area contributed by atoms with Crippen LogP contribution in [0.15, 0.2) is 0 Å². The Kier molecular flexibility index (Phi) is 5.98. The van der Waals surface area contributed by atoms with Crippen molar-refractivity contribution in [2.75, 3.05) is 18.5 Å². The molecular weight excluding hydrogens is 353 g/mol. The predicted octanol–water partition coefficient (Wildman–Crippen LogP) is 3.91. The van der Waals surface area contributed by atoms with Crippen LogP contribution in [0, 0.1) is 3.57 Å². The molecule has 1 aromatic rings. The Hall–Kier alpha value is -0.430. The molecule has 1 aromatic heterocycles. The highest BCUT2D eigenvalue weighted by Gasteiger charge is 2.27. The van der Waals surface area contributed by atoms with E-state index in [0.29, 0.717) is 12.5 Å². The maximum Gasteiger partial charge on any atom is 0.162 e. The van der Waals surface area contributed by atoms with Gasteiger partial charge in [-0.3, -0.25) is 0 Å². The van der Waals surface area contributed by atoms with Crippen LogP contribution in [-0.2, 0) is 10.3 Å². The second-order valence-electron chi connectivity index (χ2n) is 5.22. The van der Waals surface area contributed by atoms with Crippen molar-refractivity contribution in [3.8, 4) is 0 Å². The van der Waals surface area contributed by atoms with Gasteiger partial charge >= 0.3 is 0 Å². The van der Waals surface area contributed by atoms with Gasteiger partial charge in [0.25, 0.3) is 0 Å². The summed E-state index contributed by atoms with van der Waals surface area (Å²) in [6.45, 7) is 13.9. The molecule has 0 radical (unpaired) electrons. The lowest BCUT2D eigenvalue weighted by Crippen LogP contribution is -2.26. The number of aromatic nitrogens is 2. The number of rotatable bonds is 6. The monoisotopic (exact) mass is 377 g/mol. The number of anilines is 1. The first-order valence-corrected chi connectivity index (χ1v) is 7.87. The lowest BCUT2D eigenvalue weighted by Gasteiger charge is -2.25. The molecule has 0 atom stereocenters. The summed E-state index contributed by atoms with van der Waals surface area (Å²) in [5.41, 5.74) is 0.613. The Morgan fingerprint density at radius 3 is 2.37 bits per heavy atom. The van der Waals surface area contributed by atoms with Gasteiger partial charge in [0.15, 0.2) is 5.82 Å². The van der Waals surface area contributed by atoms with Gasteiger partial charge in [-0.1, -0.05) is 13.8 Å². The first-order valence-electron chi connectivity index (χ1n) is 6.79. The summed E-state index contributed by atoms with van der Waals surface area (Å²) in [7, 11) is 0. The van der Waals surface area contributed by atoms with Gasteiger partial charge in [0.05, 0.1) is 9.26 Å². The van der Waals surface area contributed by atoms with Crippen molar-refractivity contribution < 1.29 is 4.74 Å². The summed E-state index contributed by atoms with van der Waals surface area (Å²) in [6.07, 6.45) is 0. The molecule has 0 aliphatic carbocycles. The first kappa shape index (κ1) is 16.6. The van der Waals surface area contributed by atoms with Crippen LogP contribution in [-0.4, -0.2) is 23.1 Å².